The predicted molar refractivity (Wildman–Crippen MR) is 134 cm³/mol. The lowest BCUT2D eigenvalue weighted by Gasteiger charge is -2.43. The van der Waals surface area contributed by atoms with E-state index in [1.165, 1.54) is 16.6 Å². The first-order valence-corrected chi connectivity index (χ1v) is 13.8. The number of hydrogen-bond donors (Lipinski definition) is 0. The Labute approximate surface area is 195 Å². The molecule has 0 saturated carbocycles. The zero-order valence-corrected chi connectivity index (χ0v) is 20.7. The summed E-state index contributed by atoms with van der Waals surface area (Å²) in [6.07, 6.45) is 0. The third-order valence-corrected chi connectivity index (χ3v) is 10.7. The van der Waals surface area contributed by atoms with E-state index < -0.39 is 5.54 Å². The maximum atomic E-state index is 13.6. The number of carbonyl (C=O) groups is 1. The van der Waals surface area contributed by atoms with E-state index in [1.807, 2.05) is 23.1 Å². The first-order chi connectivity index (χ1) is 14.4. The Balaban J connectivity index is 1.51. The van der Waals surface area contributed by atoms with Gasteiger partial charge in [0.25, 0.3) is 0 Å². The third-order valence-electron chi connectivity index (χ3n) is 5.25. The number of aryl methyl sites for hydroxylation is 1. The highest BCUT2D eigenvalue weighted by molar-refractivity contribution is 8.01. The van der Waals surface area contributed by atoms with Crippen LogP contribution in [0.3, 0.4) is 0 Å². The lowest BCUT2D eigenvalue weighted by molar-refractivity contribution is -0.117. The van der Waals surface area contributed by atoms with Crippen molar-refractivity contribution in [1.29, 1.82) is 0 Å². The number of para-hydroxylation sites is 1. The van der Waals surface area contributed by atoms with Gasteiger partial charge < -0.3 is 4.90 Å². The molecule has 5 rings (SSSR count). The number of carbonyl (C=O) groups excluding carboxylic acids is 1. The van der Waals surface area contributed by atoms with Crippen LogP contribution in [0.1, 0.15) is 24.3 Å². The smallest absolute Gasteiger partial charge is 0.238 e. The molecule has 2 aromatic carbocycles. The van der Waals surface area contributed by atoms with Crippen LogP contribution in [0.4, 0.5) is 5.69 Å². The molecule has 4 aromatic rings. The molecule has 0 radical (unpaired) electrons. The molecule has 30 heavy (non-hydrogen) atoms. The van der Waals surface area contributed by atoms with Crippen molar-refractivity contribution in [2.75, 3.05) is 10.7 Å². The van der Waals surface area contributed by atoms with E-state index in [2.05, 4.69) is 50.0 Å². The fraction of sp³-hybridized carbons (Fsp3) is 0.227. The molecule has 0 saturated heterocycles. The van der Waals surface area contributed by atoms with Gasteiger partial charge in [0, 0.05) is 11.1 Å². The van der Waals surface area contributed by atoms with Gasteiger partial charge in [0.15, 0.2) is 4.34 Å². The molecule has 0 spiro atoms. The van der Waals surface area contributed by atoms with Gasteiger partial charge in [0.2, 0.25) is 5.91 Å². The number of hydrogen-bond acceptors (Lipinski definition) is 7. The molecule has 3 nitrogen and oxygen atoms in total. The number of fused-ring (bicyclic) bond motifs is 4. The molecule has 2 aromatic heterocycles. The minimum absolute atomic E-state index is 0.0890. The van der Waals surface area contributed by atoms with Crippen LogP contribution in [0, 0.1) is 10.7 Å². The van der Waals surface area contributed by atoms with Crippen LogP contribution in [0.2, 0.25) is 0 Å². The van der Waals surface area contributed by atoms with Crippen molar-refractivity contribution in [3.8, 4) is 11.1 Å². The molecule has 152 valence electrons. The van der Waals surface area contributed by atoms with Gasteiger partial charge in [-0.15, -0.1) is 11.3 Å². The second-order valence-corrected chi connectivity index (χ2v) is 12.8. The maximum Gasteiger partial charge on any atom is 0.238 e. The van der Waals surface area contributed by atoms with Gasteiger partial charge in [-0.3, -0.25) is 4.79 Å². The summed E-state index contributed by atoms with van der Waals surface area (Å²) in [6, 6.07) is 14.4. The van der Waals surface area contributed by atoms with Gasteiger partial charge in [-0.2, -0.15) is 0 Å². The van der Waals surface area contributed by atoms with E-state index in [-0.39, 0.29) is 5.91 Å². The van der Waals surface area contributed by atoms with E-state index in [9.17, 15) is 4.79 Å². The molecule has 0 unspecified atom stereocenters. The molecular formula is C22H18N2OS5. The number of thioether (sulfide) groups is 1. The van der Waals surface area contributed by atoms with Crippen LogP contribution < -0.4 is 4.90 Å². The monoisotopic (exact) mass is 486 g/mol. The summed E-state index contributed by atoms with van der Waals surface area (Å²) in [5.74, 6) is 0.438. The molecule has 3 heterocycles. The Hall–Kier alpha value is -1.58. The number of amides is 1. The van der Waals surface area contributed by atoms with Crippen LogP contribution in [-0.2, 0) is 10.3 Å². The zero-order chi connectivity index (χ0) is 21.0. The highest BCUT2D eigenvalue weighted by atomic mass is 32.9. The van der Waals surface area contributed by atoms with Crippen molar-refractivity contribution < 1.29 is 4.79 Å². The normalized spacial score (nSPS) is 14.6. The molecule has 0 N–H and O–H groups in total. The van der Waals surface area contributed by atoms with E-state index in [1.54, 1.807) is 32.0 Å². The Bertz CT molecular complexity index is 1310. The quantitative estimate of drug-likeness (QED) is 0.171. The second kappa shape index (κ2) is 7.53. The number of aromatic nitrogens is 1. The van der Waals surface area contributed by atoms with Crippen molar-refractivity contribution in [3.63, 3.8) is 0 Å². The number of rotatable bonds is 3. The van der Waals surface area contributed by atoms with Crippen LogP contribution >= 0.6 is 56.0 Å². The summed E-state index contributed by atoms with van der Waals surface area (Å²) in [5, 5.41) is 0. The van der Waals surface area contributed by atoms with Gasteiger partial charge >= 0.3 is 0 Å². The average molecular weight is 487 g/mol. The van der Waals surface area contributed by atoms with Crippen molar-refractivity contribution in [2.45, 2.75) is 30.6 Å². The highest BCUT2D eigenvalue weighted by Gasteiger charge is 2.42. The van der Waals surface area contributed by atoms with Crippen molar-refractivity contribution in [3.05, 3.63) is 56.7 Å². The van der Waals surface area contributed by atoms with Gasteiger partial charge in [-0.1, -0.05) is 68.9 Å². The number of nitrogens with zero attached hydrogens (tertiary/aromatic N) is 2. The van der Waals surface area contributed by atoms with Crippen LogP contribution in [0.5, 0.6) is 0 Å². The lowest BCUT2D eigenvalue weighted by atomic mass is 9.87. The first kappa shape index (κ1) is 20.3. The number of thiazole rings is 1. The fourth-order valence-corrected chi connectivity index (χ4v) is 9.08. The number of benzene rings is 2. The number of anilines is 1. The average Bonchev–Trinajstić information content (AvgIpc) is 3.30. The minimum atomic E-state index is -0.445. The van der Waals surface area contributed by atoms with Crippen molar-refractivity contribution in [1.82, 2.24) is 4.98 Å². The summed E-state index contributed by atoms with van der Waals surface area (Å²) in [6.45, 7) is 6.30. The molecular weight excluding hydrogens is 469 g/mol. The Morgan fingerprint density at radius 2 is 2.00 bits per heavy atom. The van der Waals surface area contributed by atoms with E-state index in [0.29, 0.717) is 5.75 Å². The molecule has 8 heteroatoms. The van der Waals surface area contributed by atoms with Crippen molar-refractivity contribution in [2.24, 2.45) is 0 Å². The summed E-state index contributed by atoms with van der Waals surface area (Å²) >= 11 is 8.80. The first-order valence-electron chi connectivity index (χ1n) is 9.42. The van der Waals surface area contributed by atoms with Crippen LogP contribution in [-0.4, -0.2) is 16.6 Å². The Kier molecular flexibility index (Phi) is 5.10. The van der Waals surface area contributed by atoms with Gasteiger partial charge in [0.05, 0.1) is 32.1 Å². The lowest BCUT2D eigenvalue weighted by Crippen LogP contribution is -2.48. The summed E-state index contributed by atoms with van der Waals surface area (Å²) in [5.41, 5.74) is 4.83. The standard InChI is InChI=1S/C22H18N2OS5/c1-12-8-9-13-15(10-12)24(22(2,3)19-18(13)20(26)30-29-19)17(25)11-27-21-23-14-6-4-5-7-16(14)28-21/h4-10H,11H2,1-3H3. The molecule has 0 aliphatic carbocycles. The SMILES string of the molecule is Cc1ccc2c(c1)N(C(=O)CSc1nc3ccccc3s1)C(C)(C)c1ssc(=S)c1-2. The van der Waals surface area contributed by atoms with Gasteiger partial charge in [-0.05, 0) is 44.5 Å². The maximum absolute atomic E-state index is 13.6. The molecule has 0 fully saturated rings. The Morgan fingerprint density at radius 1 is 1.20 bits per heavy atom. The summed E-state index contributed by atoms with van der Waals surface area (Å²) in [7, 11) is 3.31. The largest absolute Gasteiger partial charge is 0.301 e. The molecule has 1 amide bonds. The summed E-state index contributed by atoms with van der Waals surface area (Å²) < 4.78 is 2.98. The highest BCUT2D eigenvalue weighted by Crippen LogP contribution is 2.52. The Morgan fingerprint density at radius 3 is 2.80 bits per heavy atom. The fourth-order valence-electron chi connectivity index (χ4n) is 3.88. The van der Waals surface area contributed by atoms with E-state index >= 15 is 0 Å². The van der Waals surface area contributed by atoms with Crippen LogP contribution in [0.15, 0.2) is 46.8 Å². The van der Waals surface area contributed by atoms with E-state index in [0.717, 1.165) is 40.8 Å². The topological polar surface area (TPSA) is 33.2 Å². The zero-order valence-electron chi connectivity index (χ0n) is 16.6. The van der Waals surface area contributed by atoms with Gasteiger partial charge in [0.1, 0.15) is 3.82 Å². The predicted octanol–water partition coefficient (Wildman–Crippen LogP) is 7.50. The second-order valence-electron chi connectivity index (χ2n) is 7.70. The minimum Gasteiger partial charge on any atom is -0.301 e. The summed E-state index contributed by atoms with van der Waals surface area (Å²) in [4.78, 5) is 21.4. The van der Waals surface area contributed by atoms with Gasteiger partial charge in [-0.25, -0.2) is 4.98 Å². The molecule has 0 bridgehead atoms. The third kappa shape index (κ3) is 3.26. The van der Waals surface area contributed by atoms with Crippen LogP contribution in [0.25, 0.3) is 21.3 Å². The molecule has 1 aliphatic heterocycles. The molecule has 0 atom stereocenters. The van der Waals surface area contributed by atoms with Crippen molar-refractivity contribution >= 4 is 77.8 Å². The molecule has 1 aliphatic rings. The van der Waals surface area contributed by atoms with E-state index in [4.69, 9.17) is 12.2 Å².